The van der Waals surface area contributed by atoms with Crippen molar-refractivity contribution in [2.45, 2.75) is 18.9 Å². The van der Waals surface area contributed by atoms with E-state index in [9.17, 15) is 4.79 Å². The second-order valence-electron chi connectivity index (χ2n) is 3.62. The zero-order valence-electron chi connectivity index (χ0n) is 8.50. The third-order valence-electron chi connectivity index (χ3n) is 2.41. The molecule has 1 amide bonds. The van der Waals surface area contributed by atoms with Crippen LogP contribution in [0.25, 0.3) is 0 Å². The lowest BCUT2D eigenvalue weighted by Crippen LogP contribution is -2.26. The number of hydrogen-bond donors (Lipinski definition) is 1. The maximum Gasteiger partial charge on any atom is 0.253 e. The van der Waals surface area contributed by atoms with Crippen molar-refractivity contribution >= 4 is 34.8 Å². The second-order valence-corrected chi connectivity index (χ2v) is 4.46. The second kappa shape index (κ2) is 5.04. The molecular weight excluding hydrogens is 249 g/mol. The van der Waals surface area contributed by atoms with Crippen molar-refractivity contribution in [1.82, 2.24) is 0 Å². The highest BCUT2D eigenvalue weighted by Gasteiger charge is 2.23. The largest absolute Gasteiger partial charge is 0.368 e. The van der Waals surface area contributed by atoms with Crippen molar-refractivity contribution in [3.63, 3.8) is 0 Å². The summed E-state index contributed by atoms with van der Waals surface area (Å²) in [5, 5.41) is 3.70. The summed E-state index contributed by atoms with van der Waals surface area (Å²) in [6, 6.07) is 4.95. The van der Waals surface area contributed by atoms with Crippen LogP contribution in [0.2, 0.25) is 10.0 Å². The molecule has 1 heterocycles. The van der Waals surface area contributed by atoms with Gasteiger partial charge in [-0.25, -0.2) is 0 Å². The molecule has 86 valence electrons. The first kappa shape index (κ1) is 11.7. The van der Waals surface area contributed by atoms with Crippen LogP contribution >= 0.6 is 23.2 Å². The number of amides is 1. The molecule has 1 fully saturated rings. The maximum absolute atomic E-state index is 11.7. The van der Waals surface area contributed by atoms with Crippen LogP contribution in [0.5, 0.6) is 0 Å². The summed E-state index contributed by atoms with van der Waals surface area (Å²) in [7, 11) is 0. The van der Waals surface area contributed by atoms with E-state index in [2.05, 4.69) is 5.32 Å². The summed E-state index contributed by atoms with van der Waals surface area (Å²) in [6.45, 7) is 0.645. The fourth-order valence-electron chi connectivity index (χ4n) is 1.59. The minimum atomic E-state index is -0.355. The summed E-state index contributed by atoms with van der Waals surface area (Å²) in [6.07, 6.45) is 1.33. The molecule has 1 aromatic rings. The van der Waals surface area contributed by atoms with Crippen molar-refractivity contribution in [2.24, 2.45) is 0 Å². The van der Waals surface area contributed by atoms with Crippen molar-refractivity contribution in [3.8, 4) is 0 Å². The molecule has 1 saturated heterocycles. The molecule has 2 rings (SSSR count). The first-order chi connectivity index (χ1) is 7.66. The predicted molar refractivity (Wildman–Crippen MR) is 64.1 cm³/mol. The van der Waals surface area contributed by atoms with Gasteiger partial charge in [0.1, 0.15) is 6.10 Å². The Labute approximate surface area is 104 Å². The van der Waals surface area contributed by atoms with E-state index in [0.29, 0.717) is 22.3 Å². The predicted octanol–water partition coefficient (Wildman–Crippen LogP) is 3.11. The van der Waals surface area contributed by atoms with Gasteiger partial charge < -0.3 is 10.1 Å². The molecule has 5 heteroatoms. The molecule has 0 saturated carbocycles. The van der Waals surface area contributed by atoms with E-state index < -0.39 is 0 Å². The lowest BCUT2D eigenvalue weighted by Gasteiger charge is -2.11. The molecule has 1 aromatic carbocycles. The van der Waals surface area contributed by atoms with Gasteiger partial charge in [0, 0.05) is 11.6 Å². The molecule has 1 aliphatic rings. The molecule has 16 heavy (non-hydrogen) atoms. The minimum Gasteiger partial charge on any atom is -0.368 e. The monoisotopic (exact) mass is 259 g/mol. The summed E-state index contributed by atoms with van der Waals surface area (Å²) in [4.78, 5) is 11.7. The molecule has 0 radical (unpaired) electrons. The normalized spacial score (nSPS) is 19.8. The Hall–Kier alpha value is -0.770. The Bertz CT molecular complexity index is 403. The first-order valence-corrected chi connectivity index (χ1v) is 5.80. The zero-order valence-corrected chi connectivity index (χ0v) is 10.0. The van der Waals surface area contributed by atoms with E-state index in [1.165, 1.54) is 0 Å². The van der Waals surface area contributed by atoms with Gasteiger partial charge in [0.2, 0.25) is 0 Å². The third-order valence-corrected chi connectivity index (χ3v) is 2.96. The van der Waals surface area contributed by atoms with Crippen molar-refractivity contribution < 1.29 is 9.53 Å². The maximum atomic E-state index is 11.7. The highest BCUT2D eigenvalue weighted by Crippen LogP contribution is 2.26. The lowest BCUT2D eigenvalue weighted by atomic mass is 10.2. The molecule has 0 aliphatic carbocycles. The van der Waals surface area contributed by atoms with Crippen LogP contribution in [0, 0.1) is 0 Å². The Morgan fingerprint density at radius 2 is 2.25 bits per heavy atom. The number of carbonyl (C=O) groups is 1. The smallest absolute Gasteiger partial charge is 0.253 e. The minimum absolute atomic E-state index is 0.151. The Balaban J connectivity index is 2.05. The molecule has 1 atom stereocenters. The number of hydrogen-bond acceptors (Lipinski definition) is 2. The number of ether oxygens (including phenoxy) is 1. The lowest BCUT2D eigenvalue weighted by molar-refractivity contribution is -0.124. The number of benzene rings is 1. The van der Waals surface area contributed by atoms with Crippen LogP contribution in [0.15, 0.2) is 18.2 Å². The van der Waals surface area contributed by atoms with Gasteiger partial charge >= 0.3 is 0 Å². The van der Waals surface area contributed by atoms with E-state index in [4.69, 9.17) is 27.9 Å². The van der Waals surface area contributed by atoms with E-state index >= 15 is 0 Å². The molecular formula is C11H11Cl2NO2. The van der Waals surface area contributed by atoms with Gasteiger partial charge in [-0.2, -0.15) is 0 Å². The average molecular weight is 260 g/mol. The van der Waals surface area contributed by atoms with Gasteiger partial charge in [-0.05, 0) is 31.0 Å². The Morgan fingerprint density at radius 3 is 2.88 bits per heavy atom. The van der Waals surface area contributed by atoms with E-state index in [1.54, 1.807) is 18.2 Å². The van der Waals surface area contributed by atoms with Crippen LogP contribution < -0.4 is 5.32 Å². The fourth-order valence-corrected chi connectivity index (χ4v) is 2.04. The summed E-state index contributed by atoms with van der Waals surface area (Å²) in [5.41, 5.74) is 0.562. The Morgan fingerprint density at radius 1 is 1.44 bits per heavy atom. The van der Waals surface area contributed by atoms with Gasteiger partial charge in [0.25, 0.3) is 5.91 Å². The van der Waals surface area contributed by atoms with Crippen molar-refractivity contribution in [3.05, 3.63) is 28.2 Å². The number of anilines is 1. The van der Waals surface area contributed by atoms with Gasteiger partial charge in [0.05, 0.1) is 10.7 Å². The van der Waals surface area contributed by atoms with E-state index in [-0.39, 0.29) is 12.0 Å². The molecule has 3 nitrogen and oxygen atoms in total. The first-order valence-electron chi connectivity index (χ1n) is 5.04. The highest BCUT2D eigenvalue weighted by molar-refractivity contribution is 6.36. The molecule has 1 N–H and O–H groups in total. The van der Waals surface area contributed by atoms with Crippen LogP contribution in [0.1, 0.15) is 12.8 Å². The van der Waals surface area contributed by atoms with Gasteiger partial charge in [-0.1, -0.05) is 23.2 Å². The topological polar surface area (TPSA) is 38.3 Å². The SMILES string of the molecule is O=C(Nc1ccc(Cl)cc1Cl)[C@@H]1CCCO1. The van der Waals surface area contributed by atoms with Gasteiger partial charge in [0.15, 0.2) is 0 Å². The highest BCUT2D eigenvalue weighted by atomic mass is 35.5. The molecule has 0 aromatic heterocycles. The number of halogens is 2. The molecule has 0 spiro atoms. The van der Waals surface area contributed by atoms with E-state index in [1.807, 2.05) is 0 Å². The van der Waals surface area contributed by atoms with Gasteiger partial charge in [-0.15, -0.1) is 0 Å². The molecule has 0 bridgehead atoms. The van der Waals surface area contributed by atoms with Crippen LogP contribution in [-0.4, -0.2) is 18.6 Å². The fraction of sp³-hybridized carbons (Fsp3) is 0.364. The van der Waals surface area contributed by atoms with E-state index in [0.717, 1.165) is 12.8 Å². The average Bonchev–Trinajstić information content (AvgIpc) is 2.75. The Kier molecular flexibility index (Phi) is 3.69. The number of nitrogens with one attached hydrogen (secondary N) is 1. The number of carbonyl (C=O) groups excluding carboxylic acids is 1. The third kappa shape index (κ3) is 2.67. The van der Waals surface area contributed by atoms with Crippen molar-refractivity contribution in [2.75, 3.05) is 11.9 Å². The summed E-state index contributed by atoms with van der Waals surface area (Å²) in [5.74, 6) is -0.151. The van der Waals surface area contributed by atoms with Crippen LogP contribution in [-0.2, 0) is 9.53 Å². The molecule has 0 unspecified atom stereocenters. The van der Waals surface area contributed by atoms with Crippen LogP contribution in [0.3, 0.4) is 0 Å². The van der Waals surface area contributed by atoms with Crippen molar-refractivity contribution in [1.29, 1.82) is 0 Å². The van der Waals surface area contributed by atoms with Crippen LogP contribution in [0.4, 0.5) is 5.69 Å². The summed E-state index contributed by atoms with van der Waals surface area (Å²) >= 11 is 11.7. The standard InChI is InChI=1S/C11H11Cl2NO2/c12-7-3-4-9(8(13)6-7)14-11(15)10-2-1-5-16-10/h3-4,6,10H,1-2,5H2,(H,14,15)/t10-/m0/s1. The number of rotatable bonds is 2. The zero-order chi connectivity index (χ0) is 11.5. The van der Waals surface area contributed by atoms with Gasteiger partial charge in [-0.3, -0.25) is 4.79 Å². The quantitative estimate of drug-likeness (QED) is 0.887. The molecule has 1 aliphatic heterocycles. The summed E-state index contributed by atoms with van der Waals surface area (Å²) < 4.78 is 5.27.